The molecule has 1 saturated heterocycles. The summed E-state index contributed by atoms with van der Waals surface area (Å²) in [5.74, 6) is -2.14. The Bertz CT molecular complexity index is 885. The number of hydrogen-bond acceptors (Lipinski definition) is 3. The molecule has 3 rings (SSSR count). The zero-order valence-electron chi connectivity index (χ0n) is 15.8. The van der Waals surface area contributed by atoms with Crippen LogP contribution in [0.5, 0.6) is 0 Å². The van der Waals surface area contributed by atoms with Crippen LogP contribution in [0, 0.1) is 11.6 Å². The number of nitrogens with zero attached hydrogens (tertiary/aromatic N) is 1. The second-order valence-electron chi connectivity index (χ2n) is 6.96. The first kappa shape index (κ1) is 20.7. The standard InChI is InChI=1S/C21H23F2N3O3/c22-17-8-7-14(12-18(17)23)19(27)13-24-21(29)25-16-6-4-5-15(11-16)20(28)26-9-2-1-3-10-26/h4-8,11-12,19,27H,1-3,9-10,13H2,(H2,24,25,29). The monoisotopic (exact) mass is 403 g/mol. The van der Waals surface area contributed by atoms with Gasteiger partial charge in [0.25, 0.3) is 5.91 Å². The van der Waals surface area contributed by atoms with Crippen molar-refractivity contribution in [3.63, 3.8) is 0 Å². The maximum absolute atomic E-state index is 13.2. The van der Waals surface area contributed by atoms with E-state index in [2.05, 4.69) is 10.6 Å². The van der Waals surface area contributed by atoms with Gasteiger partial charge in [0.15, 0.2) is 11.6 Å². The number of benzene rings is 2. The molecule has 0 bridgehead atoms. The van der Waals surface area contributed by atoms with Crippen LogP contribution in [-0.2, 0) is 0 Å². The average Bonchev–Trinajstić information content (AvgIpc) is 2.74. The first-order valence-corrected chi connectivity index (χ1v) is 9.51. The lowest BCUT2D eigenvalue weighted by atomic mass is 10.1. The SMILES string of the molecule is O=C(NCC(O)c1ccc(F)c(F)c1)Nc1cccc(C(=O)N2CCCCC2)c1. The van der Waals surface area contributed by atoms with Gasteiger partial charge in [-0.1, -0.05) is 12.1 Å². The molecule has 1 heterocycles. The van der Waals surface area contributed by atoms with Gasteiger partial charge >= 0.3 is 6.03 Å². The minimum absolute atomic E-state index is 0.0671. The van der Waals surface area contributed by atoms with Crippen molar-refractivity contribution in [3.05, 3.63) is 65.2 Å². The van der Waals surface area contributed by atoms with Crippen molar-refractivity contribution in [3.8, 4) is 0 Å². The molecule has 2 aromatic rings. The molecule has 2 aromatic carbocycles. The summed E-state index contributed by atoms with van der Waals surface area (Å²) >= 11 is 0. The number of carbonyl (C=O) groups excluding carboxylic acids is 2. The Kier molecular flexibility index (Phi) is 6.77. The van der Waals surface area contributed by atoms with Gasteiger partial charge in [0, 0.05) is 30.9 Å². The van der Waals surface area contributed by atoms with Gasteiger partial charge in [0.2, 0.25) is 0 Å². The molecule has 3 amide bonds. The van der Waals surface area contributed by atoms with Crippen molar-refractivity contribution in [2.45, 2.75) is 25.4 Å². The number of aliphatic hydroxyl groups excluding tert-OH is 1. The highest BCUT2D eigenvalue weighted by atomic mass is 19.2. The summed E-state index contributed by atoms with van der Waals surface area (Å²) in [4.78, 5) is 26.5. The molecule has 8 heteroatoms. The molecule has 1 aliphatic rings. The lowest BCUT2D eigenvalue weighted by Crippen LogP contribution is -2.35. The second kappa shape index (κ2) is 9.47. The highest BCUT2D eigenvalue weighted by Crippen LogP contribution is 2.17. The Morgan fingerprint density at radius 3 is 2.52 bits per heavy atom. The van der Waals surface area contributed by atoms with Crippen LogP contribution < -0.4 is 10.6 Å². The van der Waals surface area contributed by atoms with Crippen molar-refractivity contribution in [1.29, 1.82) is 0 Å². The molecular formula is C21H23F2N3O3. The molecule has 0 aliphatic carbocycles. The van der Waals surface area contributed by atoms with Crippen LogP contribution in [0.4, 0.5) is 19.3 Å². The van der Waals surface area contributed by atoms with Crippen molar-refractivity contribution < 1.29 is 23.5 Å². The Labute approximate surface area is 167 Å². The number of nitrogens with one attached hydrogen (secondary N) is 2. The maximum atomic E-state index is 13.2. The van der Waals surface area contributed by atoms with Crippen LogP contribution in [0.15, 0.2) is 42.5 Å². The molecule has 1 atom stereocenters. The Hall–Kier alpha value is -3.00. The van der Waals surface area contributed by atoms with E-state index in [1.807, 2.05) is 0 Å². The fourth-order valence-electron chi connectivity index (χ4n) is 3.21. The van der Waals surface area contributed by atoms with Gasteiger partial charge in [-0.3, -0.25) is 4.79 Å². The van der Waals surface area contributed by atoms with E-state index in [1.165, 1.54) is 6.07 Å². The highest BCUT2D eigenvalue weighted by Gasteiger charge is 2.18. The third-order valence-corrected chi connectivity index (χ3v) is 4.80. The van der Waals surface area contributed by atoms with Gasteiger partial charge in [0.05, 0.1) is 6.10 Å². The summed E-state index contributed by atoms with van der Waals surface area (Å²) in [5.41, 5.74) is 1.08. The van der Waals surface area contributed by atoms with E-state index >= 15 is 0 Å². The summed E-state index contributed by atoms with van der Waals surface area (Å²) in [6.07, 6.45) is 1.92. The molecule has 6 nitrogen and oxygen atoms in total. The number of aliphatic hydroxyl groups is 1. The molecule has 1 aliphatic heterocycles. The second-order valence-corrected chi connectivity index (χ2v) is 6.96. The first-order chi connectivity index (χ1) is 13.9. The van der Waals surface area contributed by atoms with Crippen molar-refractivity contribution in [2.75, 3.05) is 25.0 Å². The van der Waals surface area contributed by atoms with Gasteiger partial charge < -0.3 is 20.6 Å². The van der Waals surface area contributed by atoms with Gasteiger partial charge in [-0.25, -0.2) is 13.6 Å². The Balaban J connectivity index is 1.55. The number of rotatable bonds is 5. The van der Waals surface area contributed by atoms with Crippen molar-refractivity contribution in [2.24, 2.45) is 0 Å². The molecule has 3 N–H and O–H groups in total. The number of piperidine rings is 1. The minimum atomic E-state index is -1.19. The molecule has 154 valence electrons. The number of amides is 3. The average molecular weight is 403 g/mol. The summed E-state index contributed by atoms with van der Waals surface area (Å²) in [7, 11) is 0. The minimum Gasteiger partial charge on any atom is -0.387 e. The zero-order chi connectivity index (χ0) is 20.8. The summed E-state index contributed by atoms with van der Waals surface area (Å²) in [6, 6.07) is 9.09. The third kappa shape index (κ3) is 5.51. The van der Waals surface area contributed by atoms with E-state index in [9.17, 15) is 23.5 Å². The van der Waals surface area contributed by atoms with Crippen LogP contribution in [0.2, 0.25) is 0 Å². The zero-order valence-corrected chi connectivity index (χ0v) is 15.8. The van der Waals surface area contributed by atoms with Crippen LogP contribution in [0.25, 0.3) is 0 Å². The molecule has 0 radical (unpaired) electrons. The van der Waals surface area contributed by atoms with Crippen LogP contribution in [0.3, 0.4) is 0 Å². The van der Waals surface area contributed by atoms with Gasteiger partial charge in [-0.05, 0) is 55.2 Å². The largest absolute Gasteiger partial charge is 0.387 e. The molecular weight excluding hydrogens is 380 g/mol. The predicted molar refractivity (Wildman–Crippen MR) is 105 cm³/mol. The highest BCUT2D eigenvalue weighted by molar-refractivity contribution is 5.97. The fourth-order valence-corrected chi connectivity index (χ4v) is 3.21. The summed E-state index contributed by atoms with van der Waals surface area (Å²) in [6.45, 7) is 1.28. The summed E-state index contributed by atoms with van der Waals surface area (Å²) < 4.78 is 26.2. The van der Waals surface area contributed by atoms with E-state index in [4.69, 9.17) is 0 Å². The molecule has 0 spiro atoms. The quantitative estimate of drug-likeness (QED) is 0.715. The van der Waals surface area contributed by atoms with E-state index in [0.29, 0.717) is 11.3 Å². The number of likely N-dealkylation sites (tertiary alicyclic amines) is 1. The summed E-state index contributed by atoms with van der Waals surface area (Å²) in [5, 5.41) is 15.1. The predicted octanol–water partition coefficient (Wildman–Crippen LogP) is 3.45. The number of anilines is 1. The molecule has 0 saturated carbocycles. The van der Waals surface area contributed by atoms with Crippen LogP contribution >= 0.6 is 0 Å². The smallest absolute Gasteiger partial charge is 0.319 e. The first-order valence-electron chi connectivity index (χ1n) is 9.51. The number of carbonyl (C=O) groups is 2. The van der Waals surface area contributed by atoms with Gasteiger partial charge in [-0.2, -0.15) is 0 Å². The van der Waals surface area contributed by atoms with E-state index in [1.54, 1.807) is 29.2 Å². The number of hydrogen-bond donors (Lipinski definition) is 3. The molecule has 29 heavy (non-hydrogen) atoms. The molecule has 0 aromatic heterocycles. The number of halogens is 2. The number of urea groups is 1. The van der Waals surface area contributed by atoms with E-state index in [-0.39, 0.29) is 18.0 Å². The molecule has 1 unspecified atom stereocenters. The fraction of sp³-hybridized carbons (Fsp3) is 0.333. The van der Waals surface area contributed by atoms with Crippen LogP contribution in [-0.4, -0.2) is 41.6 Å². The van der Waals surface area contributed by atoms with E-state index in [0.717, 1.165) is 44.5 Å². The third-order valence-electron chi connectivity index (χ3n) is 4.80. The van der Waals surface area contributed by atoms with Gasteiger partial charge in [0.1, 0.15) is 0 Å². The normalized spacial score (nSPS) is 14.9. The van der Waals surface area contributed by atoms with Crippen molar-refractivity contribution >= 4 is 17.6 Å². The van der Waals surface area contributed by atoms with E-state index < -0.39 is 23.8 Å². The maximum Gasteiger partial charge on any atom is 0.319 e. The van der Waals surface area contributed by atoms with Crippen LogP contribution in [0.1, 0.15) is 41.3 Å². The Morgan fingerprint density at radius 1 is 1.03 bits per heavy atom. The lowest BCUT2D eigenvalue weighted by molar-refractivity contribution is 0.0724. The topological polar surface area (TPSA) is 81.7 Å². The Morgan fingerprint density at radius 2 is 1.79 bits per heavy atom. The lowest BCUT2D eigenvalue weighted by Gasteiger charge is -2.26. The van der Waals surface area contributed by atoms with Crippen molar-refractivity contribution in [1.82, 2.24) is 10.2 Å². The molecule has 1 fully saturated rings. The van der Waals surface area contributed by atoms with Gasteiger partial charge in [-0.15, -0.1) is 0 Å².